The molecule has 0 fully saturated rings. The lowest BCUT2D eigenvalue weighted by Gasteiger charge is -2.19. The number of aromatic nitrogens is 2. The van der Waals surface area contributed by atoms with Crippen molar-refractivity contribution < 1.29 is 30.0 Å². The van der Waals surface area contributed by atoms with Crippen molar-refractivity contribution in [2.24, 2.45) is 0 Å². The van der Waals surface area contributed by atoms with Crippen molar-refractivity contribution >= 4 is 22.8 Å². The summed E-state index contributed by atoms with van der Waals surface area (Å²) in [6.07, 6.45) is 6.10. The monoisotopic (exact) mass is 576 g/mol. The van der Waals surface area contributed by atoms with Gasteiger partial charge < -0.3 is 18.9 Å². The number of benzene rings is 2. The Balaban J connectivity index is 0.00000506. The number of hydrogen-bond donors (Lipinski definition) is 0. The molecule has 0 aliphatic carbocycles. The number of nitrogens with zero attached hydrogens (tertiary/aromatic N) is 2. The number of aryl methyl sites for hydroxylation is 1. The molecule has 0 saturated heterocycles. The van der Waals surface area contributed by atoms with Gasteiger partial charge in [0.2, 0.25) is 5.78 Å². The van der Waals surface area contributed by atoms with Crippen LogP contribution in [0.15, 0.2) is 36.4 Å². The van der Waals surface area contributed by atoms with Gasteiger partial charge in [-0.15, -0.1) is 0 Å². The summed E-state index contributed by atoms with van der Waals surface area (Å²) in [5, 5.41) is 5.39. The average Bonchev–Trinajstić information content (AvgIpc) is 3.33. The Labute approximate surface area is 250 Å². The first kappa shape index (κ1) is 31.3. The first-order chi connectivity index (χ1) is 20.2. The molecule has 2 heterocycles. The number of ketones is 1. The molecule has 2 aromatic carbocycles. The molecular weight excluding hydrogens is 532 g/mol. The number of carbonyl (C=O) groups is 2. The number of carbonyl (C=O) groups excluding carboxylic acids is 2. The fourth-order valence-corrected chi connectivity index (χ4v) is 4.73. The van der Waals surface area contributed by atoms with Crippen LogP contribution in [0.5, 0.6) is 5.75 Å². The van der Waals surface area contributed by atoms with Gasteiger partial charge in [-0.2, -0.15) is 9.78 Å². The van der Waals surface area contributed by atoms with Crippen LogP contribution < -0.4 is 4.74 Å². The van der Waals surface area contributed by atoms with Gasteiger partial charge in [0.15, 0.2) is 0 Å². The van der Waals surface area contributed by atoms with E-state index in [0.717, 1.165) is 62.9 Å². The molecule has 0 N–H and O–H groups in total. The average molecular weight is 577 g/mol. The first-order valence-electron chi connectivity index (χ1n) is 15.0. The zero-order valence-corrected chi connectivity index (χ0v) is 25.3. The van der Waals surface area contributed by atoms with Crippen molar-refractivity contribution in [3.63, 3.8) is 0 Å². The largest absolute Gasteiger partial charge is 0.491 e. The van der Waals surface area contributed by atoms with E-state index in [1.807, 2.05) is 26.8 Å². The second-order valence-electron chi connectivity index (χ2n) is 11.5. The van der Waals surface area contributed by atoms with E-state index in [0.29, 0.717) is 54.2 Å². The quantitative estimate of drug-likeness (QED) is 0.151. The highest BCUT2D eigenvalue weighted by Crippen LogP contribution is 2.33. The van der Waals surface area contributed by atoms with Gasteiger partial charge >= 0.3 is 6.09 Å². The molecule has 1 aliphatic heterocycles. The van der Waals surface area contributed by atoms with E-state index in [4.69, 9.17) is 24.0 Å². The van der Waals surface area contributed by atoms with E-state index >= 15 is 0 Å². The highest BCUT2D eigenvalue weighted by atomic mass is 16.6. The molecule has 0 atom stereocenters. The van der Waals surface area contributed by atoms with Gasteiger partial charge in [-0.05, 0) is 94.3 Å². The molecule has 0 spiro atoms. The van der Waals surface area contributed by atoms with E-state index in [-0.39, 0.29) is 7.21 Å². The third kappa shape index (κ3) is 8.91. The highest BCUT2D eigenvalue weighted by molar-refractivity contribution is 6.12. The minimum Gasteiger partial charge on any atom is -0.491 e. The predicted molar refractivity (Wildman–Crippen MR) is 165 cm³/mol. The maximum Gasteiger partial charge on any atom is 0.435 e. The Hall–Kier alpha value is -3.67. The third-order valence-corrected chi connectivity index (χ3v) is 6.67. The number of Topliss-reactive ketones (excluding diaryl/α,β-unsaturated/α-hetero) is 1. The summed E-state index contributed by atoms with van der Waals surface area (Å²) in [4.78, 5) is 26.1. The Morgan fingerprint density at radius 2 is 1.86 bits per heavy atom. The molecule has 0 saturated carbocycles. The van der Waals surface area contributed by atoms with Crippen molar-refractivity contribution in [3.05, 3.63) is 47.5 Å². The van der Waals surface area contributed by atoms with Gasteiger partial charge in [0, 0.05) is 37.6 Å². The van der Waals surface area contributed by atoms with Crippen LogP contribution in [0.25, 0.3) is 22.2 Å². The van der Waals surface area contributed by atoms with Gasteiger partial charge in [0.05, 0.1) is 18.7 Å². The third-order valence-electron chi connectivity index (χ3n) is 6.67. The van der Waals surface area contributed by atoms with Gasteiger partial charge in [0.1, 0.15) is 23.7 Å². The fourth-order valence-electron chi connectivity index (χ4n) is 4.73. The standard InChI is InChI=1S/C34H42N2O6.H2/c1-5-16-39-17-10-7-6-8-12-25-21-27-23-28(22-25)41-20-19-40-18-11-9-13-31(37)26-14-15-30-29(24-26)32(27)35-36(30)33(38)42-34(2,3)4;/h14-15,21-24H,5-8,10-12,16-20H2,1-4H3;1H. The minimum atomic E-state index is -0.696. The highest BCUT2D eigenvalue weighted by Gasteiger charge is 2.24. The molecular formula is C34H44N2O6. The maximum absolute atomic E-state index is 13.2. The van der Waals surface area contributed by atoms with E-state index in [1.54, 1.807) is 18.2 Å². The number of unbranched alkanes of at least 4 members (excludes halogenated alkanes) is 3. The second kappa shape index (κ2) is 15.0. The van der Waals surface area contributed by atoms with Crippen LogP contribution in [0.2, 0.25) is 0 Å². The molecule has 4 bridgehead atoms. The number of rotatable bonds is 9. The molecule has 0 amide bonds. The fraction of sp³-hybridized carbons (Fsp3) is 0.500. The lowest BCUT2D eigenvalue weighted by molar-refractivity contribution is 0.0523. The Kier molecular flexibility index (Phi) is 11.2. The summed E-state index contributed by atoms with van der Waals surface area (Å²) in [7, 11) is 0. The Morgan fingerprint density at radius 1 is 1.02 bits per heavy atom. The van der Waals surface area contributed by atoms with Crippen molar-refractivity contribution in [2.45, 2.75) is 78.2 Å². The second-order valence-corrected chi connectivity index (χ2v) is 11.5. The summed E-state index contributed by atoms with van der Waals surface area (Å²) >= 11 is 0. The van der Waals surface area contributed by atoms with E-state index in [9.17, 15) is 9.59 Å². The number of fused-ring (bicyclic) bond motifs is 4. The lowest BCUT2D eigenvalue weighted by Crippen LogP contribution is -2.27. The molecule has 0 radical (unpaired) electrons. The molecule has 1 aromatic heterocycles. The minimum absolute atomic E-state index is 0. The van der Waals surface area contributed by atoms with Crippen molar-refractivity contribution in [1.29, 1.82) is 0 Å². The van der Waals surface area contributed by atoms with Crippen molar-refractivity contribution in [2.75, 3.05) is 33.0 Å². The van der Waals surface area contributed by atoms with Crippen LogP contribution in [0, 0.1) is 11.8 Å². The molecule has 42 heavy (non-hydrogen) atoms. The van der Waals surface area contributed by atoms with Crippen LogP contribution in [0.1, 0.15) is 83.6 Å². The lowest BCUT2D eigenvalue weighted by atomic mass is 9.99. The molecule has 3 aromatic rings. The van der Waals surface area contributed by atoms with Crippen molar-refractivity contribution in [3.8, 4) is 28.8 Å². The number of ether oxygens (including phenoxy) is 4. The summed E-state index contributed by atoms with van der Waals surface area (Å²) in [5.74, 6) is 6.00. The molecule has 226 valence electrons. The van der Waals surface area contributed by atoms with Crippen LogP contribution in [0.3, 0.4) is 0 Å². The number of hydrogen-bond acceptors (Lipinski definition) is 7. The zero-order valence-electron chi connectivity index (χ0n) is 25.3. The molecule has 1 aliphatic rings. The van der Waals surface area contributed by atoms with Crippen LogP contribution in [-0.4, -0.2) is 60.3 Å². The summed E-state index contributed by atoms with van der Waals surface area (Å²) < 4.78 is 24.3. The predicted octanol–water partition coefficient (Wildman–Crippen LogP) is 7.25. The smallest absolute Gasteiger partial charge is 0.435 e. The van der Waals surface area contributed by atoms with Gasteiger partial charge in [-0.25, -0.2) is 4.79 Å². The van der Waals surface area contributed by atoms with Gasteiger partial charge in [-0.1, -0.05) is 25.7 Å². The van der Waals surface area contributed by atoms with Crippen LogP contribution in [0.4, 0.5) is 4.79 Å². The molecule has 0 unspecified atom stereocenters. The maximum atomic E-state index is 13.2. The van der Waals surface area contributed by atoms with Crippen LogP contribution >= 0.6 is 0 Å². The van der Waals surface area contributed by atoms with Crippen LogP contribution in [-0.2, 0) is 20.6 Å². The SMILES string of the molecule is CCCOCCCCCCc1cc2cc(c1)-c1nn(C(=O)OC(C)(C)C)c3ccc(cc13)C(=O)C#CCCOCCO2.[HH]. The zero-order chi connectivity index (χ0) is 30.0. The summed E-state index contributed by atoms with van der Waals surface area (Å²) in [6, 6.07) is 11.2. The van der Waals surface area contributed by atoms with Crippen molar-refractivity contribution in [1.82, 2.24) is 9.78 Å². The Bertz CT molecular complexity index is 1450. The van der Waals surface area contributed by atoms with E-state index < -0.39 is 11.7 Å². The Morgan fingerprint density at radius 3 is 2.67 bits per heavy atom. The topological polar surface area (TPSA) is 88.9 Å². The molecule has 8 nitrogen and oxygen atoms in total. The molecule has 4 rings (SSSR count). The van der Waals surface area contributed by atoms with Gasteiger partial charge in [-0.3, -0.25) is 4.79 Å². The van der Waals surface area contributed by atoms with E-state index in [1.165, 1.54) is 4.68 Å². The van der Waals surface area contributed by atoms with E-state index in [2.05, 4.69) is 30.9 Å². The summed E-state index contributed by atoms with van der Waals surface area (Å²) in [6.45, 7) is 10.4. The van der Waals surface area contributed by atoms with Gasteiger partial charge in [0.25, 0.3) is 0 Å². The molecule has 8 heteroatoms. The normalized spacial score (nSPS) is 14.0. The summed E-state index contributed by atoms with van der Waals surface area (Å²) in [5.41, 5.74) is 2.77. The first-order valence-corrected chi connectivity index (χ1v) is 15.0.